The van der Waals surface area contributed by atoms with Gasteiger partial charge >= 0.3 is 5.97 Å². The standard InChI is InChI=1S/C13H13NO3S2/c1-17-8-18-6-9-2-4-10(5-3-9)12-14-11(7-19-12)13(15)16/h2-5,7H,6,8H2,1H3,(H,15,16). The van der Waals surface area contributed by atoms with E-state index in [4.69, 9.17) is 9.84 Å². The maximum atomic E-state index is 10.8. The number of benzene rings is 1. The average molecular weight is 295 g/mol. The molecular weight excluding hydrogens is 282 g/mol. The first kappa shape index (κ1) is 14.0. The van der Waals surface area contributed by atoms with E-state index in [0.717, 1.165) is 16.3 Å². The summed E-state index contributed by atoms with van der Waals surface area (Å²) in [5.74, 6) is 0.581. The number of thiazole rings is 1. The molecule has 0 aliphatic carbocycles. The van der Waals surface area contributed by atoms with Crippen molar-refractivity contribution < 1.29 is 14.6 Å². The molecular formula is C13H13NO3S2. The zero-order valence-corrected chi connectivity index (χ0v) is 12.0. The maximum absolute atomic E-state index is 10.8. The van der Waals surface area contributed by atoms with E-state index in [0.29, 0.717) is 5.94 Å². The highest BCUT2D eigenvalue weighted by Crippen LogP contribution is 2.25. The fourth-order valence-electron chi connectivity index (χ4n) is 1.49. The quantitative estimate of drug-likeness (QED) is 0.654. The van der Waals surface area contributed by atoms with E-state index in [1.54, 1.807) is 24.3 Å². The van der Waals surface area contributed by atoms with Crippen LogP contribution in [0.4, 0.5) is 0 Å². The second-order valence-corrected chi connectivity index (χ2v) is 5.59. The highest BCUT2D eigenvalue weighted by atomic mass is 32.2. The van der Waals surface area contributed by atoms with Crippen molar-refractivity contribution in [1.82, 2.24) is 4.98 Å². The number of rotatable bonds is 6. The first-order valence-corrected chi connectivity index (χ1v) is 7.59. The number of carboxylic acids is 1. The van der Waals surface area contributed by atoms with Gasteiger partial charge in [-0.15, -0.1) is 23.1 Å². The lowest BCUT2D eigenvalue weighted by Crippen LogP contribution is -1.95. The summed E-state index contributed by atoms with van der Waals surface area (Å²) in [6.07, 6.45) is 0. The Labute approximate surface area is 119 Å². The Bertz CT molecular complexity index is 551. The Morgan fingerprint density at radius 3 is 2.74 bits per heavy atom. The van der Waals surface area contributed by atoms with Gasteiger partial charge in [0.05, 0.1) is 5.94 Å². The van der Waals surface area contributed by atoms with E-state index in [1.165, 1.54) is 16.9 Å². The molecule has 0 unspecified atom stereocenters. The lowest BCUT2D eigenvalue weighted by atomic mass is 10.2. The molecule has 1 heterocycles. The van der Waals surface area contributed by atoms with Crippen LogP contribution < -0.4 is 0 Å². The molecule has 0 amide bonds. The molecule has 0 spiro atoms. The number of carbonyl (C=O) groups is 1. The van der Waals surface area contributed by atoms with Crippen molar-refractivity contribution >= 4 is 29.1 Å². The van der Waals surface area contributed by atoms with Gasteiger partial charge in [0, 0.05) is 23.8 Å². The summed E-state index contributed by atoms with van der Waals surface area (Å²) >= 11 is 3.04. The van der Waals surface area contributed by atoms with Crippen LogP contribution in [-0.4, -0.2) is 29.1 Å². The number of hydrogen-bond donors (Lipinski definition) is 1. The zero-order chi connectivity index (χ0) is 13.7. The number of nitrogens with zero attached hydrogens (tertiary/aromatic N) is 1. The van der Waals surface area contributed by atoms with E-state index in [9.17, 15) is 4.79 Å². The number of methoxy groups -OCH3 is 1. The first-order valence-electron chi connectivity index (χ1n) is 5.55. The van der Waals surface area contributed by atoms with Gasteiger partial charge in [0.2, 0.25) is 0 Å². The summed E-state index contributed by atoms with van der Waals surface area (Å²) in [5.41, 5.74) is 2.25. The van der Waals surface area contributed by atoms with E-state index < -0.39 is 5.97 Å². The monoisotopic (exact) mass is 295 g/mol. The topological polar surface area (TPSA) is 59.4 Å². The Morgan fingerprint density at radius 2 is 2.16 bits per heavy atom. The number of ether oxygens (including phenoxy) is 1. The van der Waals surface area contributed by atoms with Gasteiger partial charge in [-0.25, -0.2) is 9.78 Å². The fourth-order valence-corrected chi connectivity index (χ4v) is 2.97. The van der Waals surface area contributed by atoms with Gasteiger partial charge in [-0.2, -0.15) is 0 Å². The largest absolute Gasteiger partial charge is 0.476 e. The van der Waals surface area contributed by atoms with E-state index in [1.807, 2.05) is 24.3 Å². The molecule has 4 nitrogen and oxygen atoms in total. The Hall–Kier alpha value is -1.37. The van der Waals surface area contributed by atoms with E-state index >= 15 is 0 Å². The summed E-state index contributed by atoms with van der Waals surface area (Å²) in [6.45, 7) is 0. The number of thioether (sulfide) groups is 1. The predicted octanol–water partition coefficient (Wildman–Crippen LogP) is 3.35. The minimum atomic E-state index is -0.991. The predicted molar refractivity (Wildman–Crippen MR) is 77.7 cm³/mol. The second-order valence-electron chi connectivity index (χ2n) is 3.79. The van der Waals surface area contributed by atoms with Crippen LogP contribution in [0.15, 0.2) is 29.6 Å². The lowest BCUT2D eigenvalue weighted by molar-refractivity contribution is 0.0691. The Balaban J connectivity index is 2.06. The normalized spacial score (nSPS) is 10.6. The summed E-state index contributed by atoms with van der Waals surface area (Å²) in [6, 6.07) is 7.99. The Morgan fingerprint density at radius 1 is 1.42 bits per heavy atom. The van der Waals surface area contributed by atoms with Gasteiger partial charge in [0.25, 0.3) is 0 Å². The second kappa shape index (κ2) is 6.70. The van der Waals surface area contributed by atoms with Crippen molar-refractivity contribution in [3.63, 3.8) is 0 Å². The first-order chi connectivity index (χ1) is 9.20. The third-order valence-electron chi connectivity index (χ3n) is 2.39. The van der Waals surface area contributed by atoms with Crippen LogP contribution in [0.2, 0.25) is 0 Å². The fraction of sp³-hybridized carbons (Fsp3) is 0.231. The molecule has 0 fully saturated rings. The molecule has 0 aliphatic heterocycles. The third-order valence-corrected chi connectivity index (χ3v) is 4.23. The SMILES string of the molecule is COCSCc1ccc(-c2nc(C(=O)O)cs2)cc1. The van der Waals surface area contributed by atoms with Crippen molar-refractivity contribution in [3.05, 3.63) is 40.9 Å². The van der Waals surface area contributed by atoms with Crippen molar-refractivity contribution in [2.24, 2.45) is 0 Å². The molecule has 0 aliphatic rings. The molecule has 0 bridgehead atoms. The third kappa shape index (κ3) is 3.79. The molecule has 0 radical (unpaired) electrons. The summed E-state index contributed by atoms with van der Waals surface area (Å²) in [5, 5.41) is 11.1. The highest BCUT2D eigenvalue weighted by Gasteiger charge is 2.09. The van der Waals surface area contributed by atoms with Crippen LogP contribution in [0, 0.1) is 0 Å². The number of carboxylic acid groups (broad SMARTS) is 1. The van der Waals surface area contributed by atoms with Crippen molar-refractivity contribution in [2.45, 2.75) is 5.75 Å². The molecule has 100 valence electrons. The maximum Gasteiger partial charge on any atom is 0.355 e. The number of aromatic nitrogens is 1. The van der Waals surface area contributed by atoms with E-state index in [2.05, 4.69) is 4.98 Å². The number of aromatic carboxylic acids is 1. The van der Waals surface area contributed by atoms with Crippen LogP contribution in [0.3, 0.4) is 0 Å². The summed E-state index contributed by atoms with van der Waals surface area (Å²) in [4.78, 5) is 14.9. The van der Waals surface area contributed by atoms with Gasteiger partial charge in [0.1, 0.15) is 5.01 Å². The van der Waals surface area contributed by atoms with Gasteiger partial charge < -0.3 is 9.84 Å². The average Bonchev–Trinajstić information content (AvgIpc) is 2.90. The van der Waals surface area contributed by atoms with Crippen LogP contribution in [0.1, 0.15) is 16.1 Å². The van der Waals surface area contributed by atoms with Crippen LogP contribution in [0.25, 0.3) is 10.6 Å². The lowest BCUT2D eigenvalue weighted by Gasteiger charge is -2.02. The minimum Gasteiger partial charge on any atom is -0.476 e. The summed E-state index contributed by atoms with van der Waals surface area (Å²) < 4.78 is 4.98. The van der Waals surface area contributed by atoms with Crippen molar-refractivity contribution in [2.75, 3.05) is 13.0 Å². The van der Waals surface area contributed by atoms with Gasteiger partial charge in [-0.05, 0) is 5.56 Å². The molecule has 6 heteroatoms. The zero-order valence-electron chi connectivity index (χ0n) is 10.3. The number of hydrogen-bond acceptors (Lipinski definition) is 5. The highest BCUT2D eigenvalue weighted by molar-refractivity contribution is 7.98. The molecule has 0 atom stereocenters. The molecule has 1 N–H and O–H groups in total. The molecule has 2 rings (SSSR count). The Kier molecular flexibility index (Phi) is 4.95. The molecule has 0 saturated carbocycles. The van der Waals surface area contributed by atoms with Crippen molar-refractivity contribution in [1.29, 1.82) is 0 Å². The molecule has 2 aromatic rings. The minimum absolute atomic E-state index is 0.0970. The molecule has 1 aromatic heterocycles. The van der Waals surface area contributed by atoms with Crippen molar-refractivity contribution in [3.8, 4) is 10.6 Å². The molecule has 0 saturated heterocycles. The summed E-state index contributed by atoms with van der Waals surface area (Å²) in [7, 11) is 1.68. The van der Waals surface area contributed by atoms with Gasteiger partial charge in [-0.1, -0.05) is 24.3 Å². The molecule has 19 heavy (non-hydrogen) atoms. The van der Waals surface area contributed by atoms with Gasteiger partial charge in [0.15, 0.2) is 5.69 Å². The van der Waals surface area contributed by atoms with Crippen LogP contribution in [0.5, 0.6) is 0 Å². The van der Waals surface area contributed by atoms with Gasteiger partial charge in [-0.3, -0.25) is 0 Å². The van der Waals surface area contributed by atoms with Crippen LogP contribution in [-0.2, 0) is 10.5 Å². The molecule has 1 aromatic carbocycles. The van der Waals surface area contributed by atoms with Crippen LogP contribution >= 0.6 is 23.1 Å². The smallest absolute Gasteiger partial charge is 0.355 e. The van der Waals surface area contributed by atoms with E-state index in [-0.39, 0.29) is 5.69 Å².